The molecular weight excluding hydrogens is 671 g/mol. The Bertz CT molecular complexity index is 3170. The van der Waals surface area contributed by atoms with Gasteiger partial charge >= 0.3 is 0 Å². The Morgan fingerprint density at radius 1 is 0.407 bits per heavy atom. The molecule has 12 rings (SSSR count). The minimum absolute atomic E-state index is 0.933. The van der Waals surface area contributed by atoms with Crippen LogP contribution < -0.4 is 4.90 Å². The van der Waals surface area contributed by atoms with Gasteiger partial charge in [-0.25, -0.2) is 0 Å². The molecule has 2 aliphatic rings. The zero-order chi connectivity index (χ0) is 35.3. The van der Waals surface area contributed by atoms with E-state index in [1.165, 1.54) is 114 Å². The zero-order valence-corrected chi connectivity index (χ0v) is 30.3. The molecule has 252 valence electrons. The van der Waals surface area contributed by atoms with Crippen molar-refractivity contribution in [3.05, 3.63) is 198 Å². The molecule has 2 aliphatic carbocycles. The lowest BCUT2D eigenvalue weighted by Gasteiger charge is -2.28. The number of para-hydroxylation sites is 1. The molecule has 0 fully saturated rings. The number of rotatable bonds is 4. The molecule has 9 aromatic carbocycles. The molecule has 0 aliphatic heterocycles. The lowest BCUT2D eigenvalue weighted by Crippen LogP contribution is -2.11. The zero-order valence-electron chi connectivity index (χ0n) is 29.5. The second kappa shape index (κ2) is 11.5. The van der Waals surface area contributed by atoms with E-state index >= 15 is 0 Å². The highest BCUT2D eigenvalue weighted by Crippen LogP contribution is 2.51. The molecule has 1 nitrogen and oxygen atoms in total. The lowest BCUT2D eigenvalue weighted by molar-refractivity contribution is 1.24. The van der Waals surface area contributed by atoms with E-state index in [4.69, 9.17) is 0 Å². The minimum atomic E-state index is 0.933. The van der Waals surface area contributed by atoms with Gasteiger partial charge in [0.25, 0.3) is 0 Å². The highest BCUT2D eigenvalue weighted by atomic mass is 32.1. The molecule has 0 amide bonds. The Morgan fingerprint density at radius 2 is 1.04 bits per heavy atom. The summed E-state index contributed by atoms with van der Waals surface area (Å²) in [5.74, 6) is 0. The summed E-state index contributed by atoms with van der Waals surface area (Å²) in [5, 5.41) is 8.06. The normalized spacial score (nSPS) is 12.7. The Balaban J connectivity index is 1.08. The van der Waals surface area contributed by atoms with E-state index < -0.39 is 0 Å². The molecule has 0 radical (unpaired) electrons. The first kappa shape index (κ1) is 30.0. The van der Waals surface area contributed by atoms with E-state index in [9.17, 15) is 0 Å². The summed E-state index contributed by atoms with van der Waals surface area (Å²) < 4.78 is 2.67. The quantitative estimate of drug-likeness (QED) is 0.176. The molecule has 0 atom stereocenters. The molecular formula is C52H33NS. The van der Waals surface area contributed by atoms with Crippen LogP contribution >= 0.6 is 11.3 Å². The topological polar surface area (TPSA) is 3.24 Å². The Morgan fingerprint density at radius 3 is 1.87 bits per heavy atom. The second-order valence-electron chi connectivity index (χ2n) is 14.8. The van der Waals surface area contributed by atoms with Crippen molar-refractivity contribution >= 4 is 70.1 Å². The van der Waals surface area contributed by atoms with Gasteiger partial charge in [-0.15, -0.1) is 11.3 Å². The number of nitrogens with zero attached hydrogens (tertiary/aromatic N) is 1. The van der Waals surface area contributed by atoms with Crippen molar-refractivity contribution in [2.75, 3.05) is 4.90 Å². The first-order valence-electron chi connectivity index (χ1n) is 18.8. The van der Waals surface area contributed by atoms with E-state index in [0.29, 0.717) is 0 Å². The Kier molecular flexibility index (Phi) is 6.40. The molecule has 1 aromatic heterocycles. The number of fused-ring (bicyclic) bond motifs is 14. The van der Waals surface area contributed by atoms with E-state index in [1.54, 1.807) is 0 Å². The average Bonchev–Trinajstić information content (AvgIpc) is 3.92. The van der Waals surface area contributed by atoms with Crippen LogP contribution in [0.3, 0.4) is 0 Å². The third kappa shape index (κ3) is 4.38. The third-order valence-electron chi connectivity index (χ3n) is 11.9. The summed E-state index contributed by atoms with van der Waals surface area (Å²) in [6, 6.07) is 65.6. The molecule has 2 heteroatoms. The van der Waals surface area contributed by atoms with Crippen LogP contribution in [0.2, 0.25) is 0 Å². The van der Waals surface area contributed by atoms with Crippen molar-refractivity contribution in [2.24, 2.45) is 0 Å². The fraction of sp³-hybridized carbons (Fsp3) is 0.0385. The highest BCUT2D eigenvalue weighted by molar-refractivity contribution is 7.26. The average molecular weight is 704 g/mol. The standard InChI is InChI=1S/C52H33NS/c1-2-10-32(11-3-1)42-16-8-9-17-48(42)53(37-21-25-41-36(28-37)30-45-39-14-6-4-12-33(39)18-23-43(41)45)38-22-27-49-47(31-38)52-50(54-49)26-20-35-29-46-40-15-7-5-13-34(40)19-24-44(46)51(35)52/h1-28,31H,29-30H2. The molecule has 0 unspecified atom stereocenters. The monoisotopic (exact) mass is 703 g/mol. The van der Waals surface area contributed by atoms with Crippen LogP contribution in [0.1, 0.15) is 22.3 Å². The van der Waals surface area contributed by atoms with Gasteiger partial charge in [-0.1, -0.05) is 133 Å². The maximum Gasteiger partial charge on any atom is 0.0540 e. The molecule has 54 heavy (non-hydrogen) atoms. The van der Waals surface area contributed by atoms with Gasteiger partial charge in [0.2, 0.25) is 0 Å². The van der Waals surface area contributed by atoms with Gasteiger partial charge in [0.1, 0.15) is 0 Å². The van der Waals surface area contributed by atoms with Crippen molar-refractivity contribution in [2.45, 2.75) is 12.8 Å². The largest absolute Gasteiger partial charge is 0.310 e. The Hall–Kier alpha value is -6.48. The van der Waals surface area contributed by atoms with E-state index in [1.807, 2.05) is 11.3 Å². The molecule has 0 bridgehead atoms. The van der Waals surface area contributed by atoms with Crippen LogP contribution in [0.5, 0.6) is 0 Å². The maximum atomic E-state index is 2.50. The molecule has 0 N–H and O–H groups in total. The summed E-state index contributed by atoms with van der Waals surface area (Å²) in [6.45, 7) is 0. The summed E-state index contributed by atoms with van der Waals surface area (Å²) >= 11 is 1.91. The smallest absolute Gasteiger partial charge is 0.0540 e. The molecule has 0 saturated heterocycles. The van der Waals surface area contributed by atoms with Crippen molar-refractivity contribution in [1.82, 2.24) is 0 Å². The summed E-state index contributed by atoms with van der Waals surface area (Å²) in [7, 11) is 0. The van der Waals surface area contributed by atoms with Gasteiger partial charge in [-0.3, -0.25) is 0 Å². The van der Waals surface area contributed by atoms with E-state index in [2.05, 4.69) is 181 Å². The number of hydrogen-bond donors (Lipinski definition) is 0. The SMILES string of the molecule is c1ccc(-c2ccccc2N(c2ccc3c(c2)Cc2c-3ccc3ccccc23)c2ccc3sc4ccc5c(c4c3c2)-c2ccc3ccccc3c2C5)cc1. The van der Waals surface area contributed by atoms with Gasteiger partial charge in [0, 0.05) is 37.1 Å². The maximum absolute atomic E-state index is 2.50. The van der Waals surface area contributed by atoms with Crippen LogP contribution in [-0.2, 0) is 12.8 Å². The molecule has 1 heterocycles. The van der Waals surface area contributed by atoms with Crippen molar-refractivity contribution in [1.29, 1.82) is 0 Å². The van der Waals surface area contributed by atoms with Crippen molar-refractivity contribution in [3.63, 3.8) is 0 Å². The molecule has 0 spiro atoms. The van der Waals surface area contributed by atoms with E-state index in [-0.39, 0.29) is 0 Å². The van der Waals surface area contributed by atoms with Crippen molar-refractivity contribution in [3.8, 4) is 33.4 Å². The number of thiophene rings is 1. The number of hydrogen-bond acceptors (Lipinski definition) is 2. The Labute approximate surface area is 318 Å². The van der Waals surface area contributed by atoms with Gasteiger partial charge < -0.3 is 4.90 Å². The fourth-order valence-electron chi connectivity index (χ4n) is 9.50. The van der Waals surface area contributed by atoms with Crippen molar-refractivity contribution < 1.29 is 0 Å². The van der Waals surface area contributed by atoms with Gasteiger partial charge in [0.05, 0.1) is 5.69 Å². The van der Waals surface area contributed by atoms with Crippen LogP contribution in [0.4, 0.5) is 17.1 Å². The van der Waals surface area contributed by atoms with Gasteiger partial charge in [-0.2, -0.15) is 0 Å². The number of anilines is 3. The first-order valence-corrected chi connectivity index (χ1v) is 19.7. The van der Waals surface area contributed by atoms with Gasteiger partial charge in [0.15, 0.2) is 0 Å². The molecule has 10 aromatic rings. The number of benzene rings is 9. The van der Waals surface area contributed by atoms with E-state index in [0.717, 1.165) is 12.8 Å². The highest BCUT2D eigenvalue weighted by Gasteiger charge is 2.27. The summed E-state index contributed by atoms with van der Waals surface area (Å²) in [4.78, 5) is 2.50. The second-order valence-corrected chi connectivity index (χ2v) is 15.9. The van der Waals surface area contributed by atoms with Gasteiger partial charge in [-0.05, 0) is 127 Å². The van der Waals surface area contributed by atoms with Crippen LogP contribution in [0, 0.1) is 0 Å². The molecule has 0 saturated carbocycles. The summed E-state index contributed by atoms with van der Waals surface area (Å²) in [5.41, 5.74) is 17.1. The van der Waals surface area contributed by atoms with Crippen LogP contribution in [0.15, 0.2) is 176 Å². The van der Waals surface area contributed by atoms with Crippen LogP contribution in [0.25, 0.3) is 75.1 Å². The van der Waals surface area contributed by atoms with Crippen LogP contribution in [-0.4, -0.2) is 0 Å². The first-order chi connectivity index (χ1) is 26.8. The third-order valence-corrected chi connectivity index (χ3v) is 13.1. The predicted octanol–water partition coefficient (Wildman–Crippen LogP) is 14.6. The fourth-order valence-corrected chi connectivity index (χ4v) is 10.6. The minimum Gasteiger partial charge on any atom is -0.310 e. The summed E-state index contributed by atoms with van der Waals surface area (Å²) in [6.07, 6.45) is 1.91. The predicted molar refractivity (Wildman–Crippen MR) is 231 cm³/mol. The lowest BCUT2D eigenvalue weighted by atomic mass is 9.96.